The molecule has 1 aromatic heterocycles. The van der Waals surface area contributed by atoms with Gasteiger partial charge in [-0.3, -0.25) is 9.89 Å². The maximum Gasteiger partial charge on any atom is 0.358 e. The first kappa shape index (κ1) is 11.9. The van der Waals surface area contributed by atoms with Crippen molar-refractivity contribution in [1.29, 1.82) is 0 Å². The minimum absolute atomic E-state index is 0.0535. The van der Waals surface area contributed by atoms with Crippen LogP contribution in [-0.2, 0) is 9.53 Å². The quantitative estimate of drug-likeness (QED) is 0.642. The summed E-state index contributed by atoms with van der Waals surface area (Å²) in [4.78, 5) is 24.7. The molecule has 2 rings (SSSR count). The lowest BCUT2D eigenvalue weighted by Crippen LogP contribution is -2.26. The zero-order valence-electron chi connectivity index (χ0n) is 9.27. The van der Waals surface area contributed by atoms with Crippen molar-refractivity contribution in [3.05, 3.63) is 11.9 Å². The summed E-state index contributed by atoms with van der Waals surface area (Å²) < 4.78 is 4.61. The summed E-state index contributed by atoms with van der Waals surface area (Å²) in [5.74, 6) is -0.0559. The average molecular weight is 258 g/mol. The van der Waals surface area contributed by atoms with Gasteiger partial charge in [-0.1, -0.05) is 0 Å². The number of hydrogen-bond donors (Lipinski definition) is 1. The van der Waals surface area contributed by atoms with E-state index in [1.807, 2.05) is 0 Å². The molecule has 17 heavy (non-hydrogen) atoms. The molecule has 1 aliphatic heterocycles. The van der Waals surface area contributed by atoms with E-state index in [2.05, 4.69) is 14.9 Å². The zero-order valence-corrected chi connectivity index (χ0v) is 10.0. The van der Waals surface area contributed by atoms with E-state index in [1.165, 1.54) is 18.2 Å². The molecule has 0 spiro atoms. The number of H-pyrrole nitrogens is 1. The molecule has 1 fully saturated rings. The van der Waals surface area contributed by atoms with E-state index in [9.17, 15) is 9.59 Å². The van der Waals surface area contributed by atoms with Gasteiger partial charge in [-0.2, -0.15) is 5.10 Å². The van der Waals surface area contributed by atoms with Crippen molar-refractivity contribution in [3.63, 3.8) is 0 Å². The van der Waals surface area contributed by atoms with Gasteiger partial charge in [0.25, 0.3) is 0 Å². The van der Waals surface area contributed by atoms with Crippen molar-refractivity contribution in [1.82, 2.24) is 10.2 Å². The molecular weight excluding hydrogens is 246 g/mol. The Labute approximate surface area is 103 Å². The molecule has 6 nitrogen and oxygen atoms in total. The van der Waals surface area contributed by atoms with Crippen LogP contribution in [0.3, 0.4) is 0 Å². The number of aromatic nitrogens is 2. The van der Waals surface area contributed by atoms with Crippen molar-refractivity contribution in [2.75, 3.05) is 24.4 Å². The molecule has 1 amide bonds. The molecule has 2 heterocycles. The molecule has 7 heteroatoms. The fraction of sp³-hybridized carbons (Fsp3) is 0.500. The Bertz CT molecular complexity index is 446. The van der Waals surface area contributed by atoms with Gasteiger partial charge < -0.3 is 9.64 Å². The van der Waals surface area contributed by atoms with E-state index in [-0.39, 0.29) is 17.5 Å². The van der Waals surface area contributed by atoms with Crippen LogP contribution in [0.5, 0.6) is 0 Å². The van der Waals surface area contributed by atoms with E-state index in [0.717, 1.165) is 0 Å². The van der Waals surface area contributed by atoms with Gasteiger partial charge in [0.05, 0.1) is 19.0 Å². The normalized spacial score (nSPS) is 19.8. The average Bonchev–Trinajstić information content (AvgIpc) is 2.93. The van der Waals surface area contributed by atoms with Gasteiger partial charge >= 0.3 is 5.97 Å². The third-order valence-corrected chi connectivity index (χ3v) is 3.16. The number of aromatic amines is 1. The number of alkyl halides is 1. The first-order valence-corrected chi connectivity index (χ1v) is 5.68. The Kier molecular flexibility index (Phi) is 3.33. The highest BCUT2D eigenvalue weighted by Gasteiger charge is 2.33. The molecule has 1 N–H and O–H groups in total. The highest BCUT2D eigenvalue weighted by molar-refractivity contribution is 6.18. The Morgan fingerprint density at radius 3 is 3.12 bits per heavy atom. The number of rotatable bonds is 3. The number of carbonyl (C=O) groups excluding carboxylic acids is 2. The fourth-order valence-corrected chi connectivity index (χ4v) is 2.06. The van der Waals surface area contributed by atoms with Crippen LogP contribution in [0.2, 0.25) is 0 Å². The minimum Gasteiger partial charge on any atom is -0.464 e. The van der Waals surface area contributed by atoms with Gasteiger partial charge in [-0.15, -0.1) is 11.6 Å². The van der Waals surface area contributed by atoms with Crippen LogP contribution in [0.15, 0.2) is 6.20 Å². The SMILES string of the molecule is COC(=O)c1[nH]ncc1N1CC(CCl)CC1=O. The smallest absolute Gasteiger partial charge is 0.358 e. The van der Waals surface area contributed by atoms with Crippen LogP contribution >= 0.6 is 11.6 Å². The summed E-state index contributed by atoms with van der Waals surface area (Å²) in [6, 6.07) is 0. The first-order chi connectivity index (χ1) is 8.17. The number of halogens is 1. The number of carbonyl (C=O) groups is 2. The lowest BCUT2D eigenvalue weighted by molar-refractivity contribution is -0.117. The third-order valence-electron chi connectivity index (χ3n) is 2.72. The first-order valence-electron chi connectivity index (χ1n) is 5.15. The second-order valence-electron chi connectivity index (χ2n) is 3.85. The molecule has 1 aromatic rings. The van der Waals surface area contributed by atoms with Crippen molar-refractivity contribution in [2.45, 2.75) is 6.42 Å². The van der Waals surface area contributed by atoms with Gasteiger partial charge in [0.2, 0.25) is 5.91 Å². The number of amides is 1. The maximum atomic E-state index is 11.8. The molecule has 1 aliphatic rings. The molecule has 0 radical (unpaired) electrons. The van der Waals surface area contributed by atoms with Gasteiger partial charge in [0, 0.05) is 18.8 Å². The van der Waals surface area contributed by atoms with Crippen LogP contribution < -0.4 is 4.90 Å². The van der Waals surface area contributed by atoms with Crippen LogP contribution in [0.25, 0.3) is 0 Å². The molecule has 0 aromatic carbocycles. The zero-order chi connectivity index (χ0) is 12.4. The van der Waals surface area contributed by atoms with E-state index >= 15 is 0 Å². The maximum absolute atomic E-state index is 11.8. The number of hydrogen-bond acceptors (Lipinski definition) is 4. The van der Waals surface area contributed by atoms with E-state index in [4.69, 9.17) is 11.6 Å². The number of ether oxygens (including phenoxy) is 1. The van der Waals surface area contributed by atoms with Gasteiger partial charge in [-0.05, 0) is 5.92 Å². The molecule has 0 aliphatic carbocycles. The number of anilines is 1. The topological polar surface area (TPSA) is 75.3 Å². The molecule has 1 saturated heterocycles. The van der Waals surface area contributed by atoms with Crippen LogP contribution in [0.1, 0.15) is 16.9 Å². The van der Waals surface area contributed by atoms with Gasteiger partial charge in [-0.25, -0.2) is 4.79 Å². The Morgan fingerprint density at radius 2 is 2.53 bits per heavy atom. The summed E-state index contributed by atoms with van der Waals surface area (Å²) in [5, 5.41) is 6.30. The minimum atomic E-state index is -0.542. The molecular formula is C10H12ClN3O3. The van der Waals surface area contributed by atoms with Crippen molar-refractivity contribution in [3.8, 4) is 0 Å². The number of nitrogens with zero attached hydrogens (tertiary/aromatic N) is 2. The lowest BCUT2D eigenvalue weighted by Gasteiger charge is -2.15. The van der Waals surface area contributed by atoms with Crippen molar-refractivity contribution in [2.24, 2.45) is 5.92 Å². The summed E-state index contributed by atoms with van der Waals surface area (Å²) in [5.41, 5.74) is 0.644. The number of nitrogens with one attached hydrogen (secondary N) is 1. The Balaban J connectivity index is 2.26. The highest BCUT2D eigenvalue weighted by Crippen LogP contribution is 2.27. The standard InChI is InChI=1S/C10H12ClN3O3/c1-17-10(16)9-7(4-12-13-9)14-5-6(3-11)2-8(14)15/h4,6H,2-3,5H2,1H3,(H,12,13). The van der Waals surface area contributed by atoms with E-state index < -0.39 is 5.97 Å². The summed E-state index contributed by atoms with van der Waals surface area (Å²) in [6.07, 6.45) is 1.84. The van der Waals surface area contributed by atoms with Gasteiger partial charge in [0.1, 0.15) is 0 Å². The lowest BCUT2D eigenvalue weighted by atomic mass is 10.1. The number of esters is 1. The predicted octanol–water partition coefficient (Wildman–Crippen LogP) is 0.788. The van der Waals surface area contributed by atoms with Crippen LogP contribution in [0.4, 0.5) is 5.69 Å². The Hall–Kier alpha value is -1.56. The van der Waals surface area contributed by atoms with Gasteiger partial charge in [0.15, 0.2) is 5.69 Å². The molecule has 1 atom stereocenters. The van der Waals surface area contributed by atoms with Crippen molar-refractivity contribution < 1.29 is 14.3 Å². The highest BCUT2D eigenvalue weighted by atomic mass is 35.5. The van der Waals surface area contributed by atoms with Crippen LogP contribution in [0, 0.1) is 5.92 Å². The largest absolute Gasteiger partial charge is 0.464 e. The molecule has 1 unspecified atom stereocenters. The molecule has 0 bridgehead atoms. The number of methoxy groups -OCH3 is 1. The van der Waals surface area contributed by atoms with Crippen LogP contribution in [-0.4, -0.2) is 41.6 Å². The van der Waals surface area contributed by atoms with E-state index in [0.29, 0.717) is 24.5 Å². The summed E-state index contributed by atoms with van der Waals surface area (Å²) in [6.45, 7) is 0.506. The van der Waals surface area contributed by atoms with E-state index in [1.54, 1.807) is 0 Å². The predicted molar refractivity (Wildman–Crippen MR) is 61.1 cm³/mol. The molecule has 92 valence electrons. The monoisotopic (exact) mass is 257 g/mol. The fourth-order valence-electron chi connectivity index (χ4n) is 1.85. The molecule has 0 saturated carbocycles. The second kappa shape index (κ2) is 4.75. The third kappa shape index (κ3) is 2.12. The van der Waals surface area contributed by atoms with Crippen molar-refractivity contribution >= 4 is 29.2 Å². The second-order valence-corrected chi connectivity index (χ2v) is 4.16. The summed E-state index contributed by atoms with van der Waals surface area (Å²) >= 11 is 5.74. The Morgan fingerprint density at radius 1 is 1.76 bits per heavy atom. The summed E-state index contributed by atoms with van der Waals surface area (Å²) in [7, 11) is 1.28.